The molecule has 0 spiro atoms. The summed E-state index contributed by atoms with van der Waals surface area (Å²) in [5.41, 5.74) is 7.93. The van der Waals surface area contributed by atoms with E-state index in [9.17, 15) is 0 Å². The highest BCUT2D eigenvalue weighted by Crippen LogP contribution is 2.24. The Morgan fingerprint density at radius 3 is 2.56 bits per heavy atom. The number of hydrogen-bond acceptors (Lipinski definition) is 4. The molecule has 0 fully saturated rings. The smallest absolute Gasteiger partial charge is 0.152 e. The van der Waals surface area contributed by atoms with Crippen LogP contribution in [0.15, 0.2) is 12.3 Å². The highest BCUT2D eigenvalue weighted by molar-refractivity contribution is 5.63. The molecule has 102 valence electrons. The van der Waals surface area contributed by atoms with Crippen molar-refractivity contribution in [2.45, 2.75) is 39.7 Å². The molecule has 18 heavy (non-hydrogen) atoms. The van der Waals surface area contributed by atoms with E-state index < -0.39 is 0 Å². The number of nitrogen functional groups attached to an aromatic ring is 1. The Bertz CT molecular complexity index is 364. The molecule has 0 bridgehead atoms. The number of rotatable bonds is 7. The summed E-state index contributed by atoms with van der Waals surface area (Å²) in [6, 6.07) is 2.43. The van der Waals surface area contributed by atoms with E-state index in [1.807, 2.05) is 19.2 Å². The number of aryl methyl sites for hydroxylation is 1. The van der Waals surface area contributed by atoms with Crippen molar-refractivity contribution in [3.05, 3.63) is 17.8 Å². The fourth-order valence-corrected chi connectivity index (χ4v) is 2.21. The van der Waals surface area contributed by atoms with Gasteiger partial charge in [-0.15, -0.1) is 0 Å². The Balaban J connectivity index is 3.00. The largest absolute Gasteiger partial charge is 0.396 e. The lowest BCUT2D eigenvalue weighted by molar-refractivity contribution is 0.202. The average Bonchev–Trinajstić information content (AvgIpc) is 2.35. The molecule has 0 radical (unpaired) electrons. The van der Waals surface area contributed by atoms with Gasteiger partial charge in [0.25, 0.3) is 0 Å². The van der Waals surface area contributed by atoms with Crippen molar-refractivity contribution in [1.29, 1.82) is 0 Å². The molecule has 0 atom stereocenters. The van der Waals surface area contributed by atoms with Crippen LogP contribution in [0.3, 0.4) is 0 Å². The summed E-state index contributed by atoms with van der Waals surface area (Å²) in [6.07, 6.45) is 4.03. The van der Waals surface area contributed by atoms with Gasteiger partial charge in [0.2, 0.25) is 0 Å². The van der Waals surface area contributed by atoms with E-state index in [0.29, 0.717) is 12.6 Å². The van der Waals surface area contributed by atoms with Gasteiger partial charge in [0.15, 0.2) is 5.82 Å². The zero-order chi connectivity index (χ0) is 13.5. The molecule has 4 heteroatoms. The first-order valence-electron chi connectivity index (χ1n) is 6.61. The molecule has 0 saturated carbocycles. The molecular weight excluding hydrogens is 226 g/mol. The molecule has 0 aromatic carbocycles. The summed E-state index contributed by atoms with van der Waals surface area (Å²) < 4.78 is 5.19. The fourth-order valence-electron chi connectivity index (χ4n) is 2.21. The minimum atomic E-state index is 0.456. The molecule has 2 N–H and O–H groups in total. The SMILES string of the molecule is CCC(CC)N(CCOC)c1ncc(C)cc1N. The summed E-state index contributed by atoms with van der Waals surface area (Å²) >= 11 is 0. The van der Waals surface area contributed by atoms with Crippen LogP contribution in [0, 0.1) is 6.92 Å². The maximum absolute atomic E-state index is 6.10. The third kappa shape index (κ3) is 3.60. The summed E-state index contributed by atoms with van der Waals surface area (Å²) in [7, 11) is 1.72. The van der Waals surface area contributed by atoms with Gasteiger partial charge in [-0.25, -0.2) is 4.98 Å². The van der Waals surface area contributed by atoms with Gasteiger partial charge in [-0.05, 0) is 31.4 Å². The lowest BCUT2D eigenvalue weighted by Gasteiger charge is -2.32. The summed E-state index contributed by atoms with van der Waals surface area (Å²) in [6.45, 7) is 7.90. The monoisotopic (exact) mass is 251 g/mol. The summed E-state index contributed by atoms with van der Waals surface area (Å²) in [5, 5.41) is 0. The van der Waals surface area contributed by atoms with Gasteiger partial charge in [-0.1, -0.05) is 13.8 Å². The van der Waals surface area contributed by atoms with Gasteiger partial charge in [-0.2, -0.15) is 0 Å². The van der Waals surface area contributed by atoms with Crippen LogP contribution < -0.4 is 10.6 Å². The highest BCUT2D eigenvalue weighted by Gasteiger charge is 2.18. The van der Waals surface area contributed by atoms with E-state index >= 15 is 0 Å². The third-order valence-corrected chi connectivity index (χ3v) is 3.22. The Labute approximate surface area is 110 Å². The molecule has 0 aliphatic rings. The quantitative estimate of drug-likeness (QED) is 0.809. The van der Waals surface area contributed by atoms with E-state index in [-0.39, 0.29) is 0 Å². The van der Waals surface area contributed by atoms with Gasteiger partial charge in [0, 0.05) is 25.9 Å². The van der Waals surface area contributed by atoms with Crippen LogP contribution in [0.4, 0.5) is 11.5 Å². The van der Waals surface area contributed by atoms with Crippen molar-refractivity contribution in [2.75, 3.05) is 30.9 Å². The van der Waals surface area contributed by atoms with Gasteiger partial charge >= 0.3 is 0 Å². The van der Waals surface area contributed by atoms with E-state index in [1.54, 1.807) is 7.11 Å². The van der Waals surface area contributed by atoms with Crippen LogP contribution in [-0.4, -0.2) is 31.3 Å². The van der Waals surface area contributed by atoms with Crippen molar-refractivity contribution in [1.82, 2.24) is 4.98 Å². The molecule has 0 amide bonds. The predicted octanol–water partition coefficient (Wildman–Crippen LogP) is 2.61. The minimum Gasteiger partial charge on any atom is -0.396 e. The normalized spacial score (nSPS) is 10.9. The first-order valence-corrected chi connectivity index (χ1v) is 6.61. The number of aromatic nitrogens is 1. The standard InChI is InChI=1S/C14H25N3O/c1-5-12(6-2)17(7-8-18-4)14-13(15)9-11(3)10-16-14/h9-10,12H,5-8,15H2,1-4H3. The van der Waals surface area contributed by atoms with Crippen molar-refractivity contribution in [3.8, 4) is 0 Å². The van der Waals surface area contributed by atoms with E-state index in [2.05, 4.69) is 23.7 Å². The summed E-state index contributed by atoms with van der Waals surface area (Å²) in [5.74, 6) is 0.881. The second kappa shape index (κ2) is 7.21. The number of ether oxygens (including phenoxy) is 1. The molecule has 0 aliphatic carbocycles. The molecule has 4 nitrogen and oxygen atoms in total. The van der Waals surface area contributed by atoms with Crippen molar-refractivity contribution in [2.24, 2.45) is 0 Å². The van der Waals surface area contributed by atoms with Crippen molar-refractivity contribution in [3.63, 3.8) is 0 Å². The Kier molecular flexibility index (Phi) is 5.92. The van der Waals surface area contributed by atoms with Crippen molar-refractivity contribution >= 4 is 11.5 Å². The molecule has 1 aromatic rings. The minimum absolute atomic E-state index is 0.456. The molecule has 1 aromatic heterocycles. The van der Waals surface area contributed by atoms with Crippen LogP contribution >= 0.6 is 0 Å². The van der Waals surface area contributed by atoms with Crippen LogP contribution in [-0.2, 0) is 4.74 Å². The van der Waals surface area contributed by atoms with Crippen LogP contribution in [0.25, 0.3) is 0 Å². The number of hydrogen-bond donors (Lipinski definition) is 1. The molecule has 0 unspecified atom stereocenters. The number of methoxy groups -OCH3 is 1. The lowest BCUT2D eigenvalue weighted by atomic mass is 10.1. The summed E-state index contributed by atoms with van der Waals surface area (Å²) in [4.78, 5) is 6.76. The second-order valence-electron chi connectivity index (χ2n) is 4.58. The van der Waals surface area contributed by atoms with E-state index in [4.69, 9.17) is 10.5 Å². The van der Waals surface area contributed by atoms with Gasteiger partial charge in [-0.3, -0.25) is 0 Å². The Morgan fingerprint density at radius 2 is 2.06 bits per heavy atom. The number of nitrogens with zero attached hydrogens (tertiary/aromatic N) is 2. The first-order chi connectivity index (χ1) is 8.63. The fraction of sp³-hybridized carbons (Fsp3) is 0.643. The second-order valence-corrected chi connectivity index (χ2v) is 4.58. The molecular formula is C14H25N3O. The molecule has 1 heterocycles. The number of nitrogens with two attached hydrogens (primary N) is 1. The third-order valence-electron chi connectivity index (χ3n) is 3.22. The van der Waals surface area contributed by atoms with Gasteiger partial charge in [0.1, 0.15) is 0 Å². The number of pyridine rings is 1. The average molecular weight is 251 g/mol. The van der Waals surface area contributed by atoms with Gasteiger partial charge in [0.05, 0.1) is 12.3 Å². The predicted molar refractivity (Wildman–Crippen MR) is 77.0 cm³/mol. The van der Waals surface area contributed by atoms with Crippen LogP contribution in [0.5, 0.6) is 0 Å². The topological polar surface area (TPSA) is 51.4 Å². The van der Waals surface area contributed by atoms with E-state index in [1.165, 1.54) is 0 Å². The first kappa shape index (κ1) is 14.8. The number of anilines is 2. The molecule has 1 rings (SSSR count). The zero-order valence-corrected chi connectivity index (χ0v) is 11.9. The van der Waals surface area contributed by atoms with E-state index in [0.717, 1.165) is 36.5 Å². The lowest BCUT2D eigenvalue weighted by Crippen LogP contribution is -2.38. The maximum atomic E-state index is 6.10. The highest BCUT2D eigenvalue weighted by atomic mass is 16.5. The Hall–Kier alpha value is -1.29. The van der Waals surface area contributed by atoms with Crippen molar-refractivity contribution < 1.29 is 4.74 Å². The Morgan fingerprint density at radius 1 is 1.39 bits per heavy atom. The maximum Gasteiger partial charge on any atom is 0.152 e. The van der Waals surface area contributed by atoms with Crippen LogP contribution in [0.2, 0.25) is 0 Å². The molecule has 0 saturated heterocycles. The van der Waals surface area contributed by atoms with Crippen LogP contribution in [0.1, 0.15) is 32.3 Å². The molecule has 0 aliphatic heterocycles. The zero-order valence-electron chi connectivity index (χ0n) is 11.9. The van der Waals surface area contributed by atoms with Gasteiger partial charge < -0.3 is 15.4 Å².